The number of hydrogen-bond acceptors (Lipinski definition) is 2. The maximum atomic E-state index is 3.80. The van der Waals surface area contributed by atoms with Gasteiger partial charge in [-0.05, 0) is 0 Å². The van der Waals surface area contributed by atoms with Gasteiger partial charge in [0.1, 0.15) is 5.55 Å². The first kappa shape index (κ1) is 6.02. The normalized spacial score (nSPS) is 17.3. The predicted molar refractivity (Wildman–Crippen MR) is 31.5 cm³/mol. The van der Waals surface area contributed by atoms with Gasteiger partial charge in [0.25, 0.3) is 0 Å². The van der Waals surface area contributed by atoms with Crippen LogP contribution in [0.2, 0.25) is 0 Å². The molecule has 1 nitrogen and oxygen atoms in total. The molecule has 1 aliphatic heterocycles. The van der Waals surface area contributed by atoms with Crippen LogP contribution in [0, 0.1) is 0 Å². The second kappa shape index (κ2) is 3.22. The second-order valence-corrected chi connectivity index (χ2v) is 1.70. The van der Waals surface area contributed by atoms with Gasteiger partial charge >= 0.3 is 0 Å². The molecule has 0 unspecified atom stereocenters. The van der Waals surface area contributed by atoms with Crippen LogP contribution in [-0.4, -0.2) is 17.8 Å². The minimum atomic E-state index is 0. The third kappa shape index (κ3) is 1.45. The number of aliphatic imine (C=N–C) groups is 1. The first-order valence-electron chi connectivity index (χ1n) is 1.53. The molecule has 35 valence electrons. The molecule has 0 saturated heterocycles. The molecule has 0 saturated carbocycles. The lowest BCUT2D eigenvalue weighted by Gasteiger charge is -1.66. The molecule has 1 rings (SSSR count). The van der Waals surface area contributed by atoms with Gasteiger partial charge in [-0.1, -0.05) is 7.43 Å². The van der Waals surface area contributed by atoms with E-state index in [0.717, 1.165) is 12.3 Å². The Labute approximate surface area is 42.9 Å². The van der Waals surface area contributed by atoms with E-state index in [1.165, 1.54) is 0 Å². The van der Waals surface area contributed by atoms with E-state index < -0.39 is 0 Å². The summed E-state index contributed by atoms with van der Waals surface area (Å²) in [7, 11) is 0. The Kier molecular flexibility index (Phi) is 3.23. The molecule has 0 aliphatic carbocycles. The Morgan fingerprint density at radius 3 is 2.67 bits per heavy atom. The summed E-state index contributed by atoms with van der Waals surface area (Å²) in [4.78, 5) is 3.80. The molecule has 0 spiro atoms. The first-order chi connectivity index (χ1) is 2.50. The Morgan fingerprint density at radius 1 is 1.67 bits per heavy atom. The van der Waals surface area contributed by atoms with Crippen LogP contribution >= 0.6 is 11.8 Å². The van der Waals surface area contributed by atoms with Crippen LogP contribution in [0.3, 0.4) is 0 Å². The van der Waals surface area contributed by atoms with Gasteiger partial charge in [0.2, 0.25) is 0 Å². The third-order valence-electron chi connectivity index (χ3n) is 0.434. The van der Waals surface area contributed by atoms with E-state index in [4.69, 9.17) is 0 Å². The molecule has 0 aromatic rings. The van der Waals surface area contributed by atoms with Gasteiger partial charge < -0.3 is 0 Å². The summed E-state index contributed by atoms with van der Waals surface area (Å²) in [6.45, 7) is 0.977. The molecular formula is C4H8NS. The fourth-order valence-corrected chi connectivity index (χ4v) is 0.685. The minimum Gasteiger partial charge on any atom is -0.275 e. The molecular weight excluding hydrogens is 94.1 g/mol. The maximum absolute atomic E-state index is 3.80. The maximum Gasteiger partial charge on any atom is 0.122 e. The lowest BCUT2D eigenvalue weighted by Crippen LogP contribution is -1.69. The highest BCUT2D eigenvalue weighted by Crippen LogP contribution is 1.99. The molecule has 0 atom stereocenters. The summed E-state index contributed by atoms with van der Waals surface area (Å²) in [6.07, 6.45) is 0. The van der Waals surface area contributed by atoms with Crippen molar-refractivity contribution < 1.29 is 0 Å². The SMILES string of the molecule is C.[C]1=NCCS1. The van der Waals surface area contributed by atoms with Gasteiger partial charge in [-0.15, -0.1) is 11.8 Å². The fraction of sp³-hybridized carbons (Fsp3) is 0.750. The van der Waals surface area contributed by atoms with E-state index in [2.05, 4.69) is 10.5 Å². The summed E-state index contributed by atoms with van der Waals surface area (Å²) in [5, 5.41) is 0. The van der Waals surface area contributed by atoms with Crippen LogP contribution in [0.1, 0.15) is 7.43 Å². The standard InChI is InChI=1S/C3H4NS.CH4/c1-2-5-3-4-1;/h1-2H2;1H4. The van der Waals surface area contributed by atoms with Crippen molar-refractivity contribution in [1.29, 1.82) is 0 Å². The molecule has 0 aromatic carbocycles. The van der Waals surface area contributed by atoms with Crippen molar-refractivity contribution in [3.8, 4) is 0 Å². The number of thioether (sulfide) groups is 1. The summed E-state index contributed by atoms with van der Waals surface area (Å²) < 4.78 is 0. The highest BCUT2D eigenvalue weighted by Gasteiger charge is 1.87. The largest absolute Gasteiger partial charge is 0.275 e. The molecule has 0 amide bonds. The Balaban J connectivity index is 0.000000250. The summed E-state index contributed by atoms with van der Waals surface area (Å²) in [5.41, 5.74) is 2.76. The van der Waals surface area contributed by atoms with Gasteiger partial charge in [-0.3, -0.25) is 4.99 Å². The minimum absolute atomic E-state index is 0. The van der Waals surface area contributed by atoms with Crippen molar-refractivity contribution in [3.05, 3.63) is 0 Å². The molecule has 0 N–H and O–H groups in total. The van der Waals surface area contributed by atoms with Crippen LogP contribution < -0.4 is 0 Å². The zero-order valence-electron chi connectivity index (χ0n) is 2.77. The molecule has 1 radical (unpaired) electrons. The third-order valence-corrected chi connectivity index (χ3v) is 1.08. The molecule has 1 heterocycles. The van der Waals surface area contributed by atoms with Crippen LogP contribution in [0.15, 0.2) is 4.99 Å². The first-order valence-corrected chi connectivity index (χ1v) is 2.52. The highest BCUT2D eigenvalue weighted by molar-refractivity contribution is 8.12. The number of rotatable bonds is 0. The summed E-state index contributed by atoms with van der Waals surface area (Å²) >= 11 is 1.66. The van der Waals surface area contributed by atoms with Gasteiger partial charge in [0.05, 0.1) is 0 Å². The monoisotopic (exact) mass is 102 g/mol. The number of nitrogens with zero attached hydrogens (tertiary/aromatic N) is 1. The quantitative estimate of drug-likeness (QED) is 0.448. The van der Waals surface area contributed by atoms with Crippen molar-refractivity contribution in [2.45, 2.75) is 7.43 Å². The van der Waals surface area contributed by atoms with Gasteiger partial charge in [0.15, 0.2) is 0 Å². The Bertz CT molecular complexity index is 45.5. The van der Waals surface area contributed by atoms with Gasteiger partial charge in [-0.2, -0.15) is 0 Å². The average Bonchev–Trinajstić information content (AvgIpc) is 1.76. The summed E-state index contributed by atoms with van der Waals surface area (Å²) in [6, 6.07) is 0. The number of hydrogen-bond donors (Lipinski definition) is 0. The average molecular weight is 102 g/mol. The molecule has 1 aliphatic rings. The summed E-state index contributed by atoms with van der Waals surface area (Å²) in [5.74, 6) is 1.14. The van der Waals surface area contributed by atoms with E-state index in [0.29, 0.717) is 0 Å². The molecule has 0 bridgehead atoms. The zero-order valence-corrected chi connectivity index (χ0v) is 3.59. The Hall–Kier alpha value is 0.0200. The van der Waals surface area contributed by atoms with Crippen molar-refractivity contribution in [2.75, 3.05) is 12.3 Å². The van der Waals surface area contributed by atoms with Crippen LogP contribution in [0.5, 0.6) is 0 Å². The van der Waals surface area contributed by atoms with Gasteiger partial charge in [0, 0.05) is 12.3 Å². The van der Waals surface area contributed by atoms with Gasteiger partial charge in [-0.25, -0.2) is 0 Å². The van der Waals surface area contributed by atoms with E-state index in [9.17, 15) is 0 Å². The van der Waals surface area contributed by atoms with E-state index in [1.807, 2.05) is 0 Å². The molecule has 0 fully saturated rings. The van der Waals surface area contributed by atoms with Crippen LogP contribution in [-0.2, 0) is 0 Å². The van der Waals surface area contributed by atoms with Crippen molar-refractivity contribution in [3.63, 3.8) is 0 Å². The lowest BCUT2D eigenvalue weighted by atomic mass is 10.8. The van der Waals surface area contributed by atoms with Crippen molar-refractivity contribution in [1.82, 2.24) is 0 Å². The zero-order chi connectivity index (χ0) is 3.54. The van der Waals surface area contributed by atoms with E-state index >= 15 is 0 Å². The van der Waals surface area contributed by atoms with Crippen LogP contribution in [0.4, 0.5) is 0 Å². The van der Waals surface area contributed by atoms with E-state index in [-0.39, 0.29) is 7.43 Å². The molecule has 0 aromatic heterocycles. The van der Waals surface area contributed by atoms with E-state index in [1.54, 1.807) is 11.8 Å². The molecule has 2 heteroatoms. The lowest BCUT2D eigenvalue weighted by molar-refractivity contribution is 1.18. The topological polar surface area (TPSA) is 12.4 Å². The predicted octanol–water partition coefficient (Wildman–Crippen LogP) is 1.27. The van der Waals surface area contributed by atoms with Crippen molar-refractivity contribution in [2.24, 2.45) is 4.99 Å². The highest BCUT2D eigenvalue weighted by atomic mass is 32.2. The second-order valence-electron chi connectivity index (χ2n) is 0.821. The fourth-order valence-electron chi connectivity index (χ4n) is 0.228. The smallest absolute Gasteiger partial charge is 0.122 e. The Morgan fingerprint density at radius 2 is 2.50 bits per heavy atom. The molecule has 6 heavy (non-hydrogen) atoms. The van der Waals surface area contributed by atoms with Crippen molar-refractivity contribution >= 4 is 17.3 Å². The van der Waals surface area contributed by atoms with Crippen LogP contribution in [0.25, 0.3) is 0 Å².